The number of nitrogens with zero attached hydrogens (tertiary/aromatic N) is 1. The first-order valence-electron chi connectivity index (χ1n) is 7.85. The van der Waals surface area contributed by atoms with E-state index in [1.165, 1.54) is 17.0 Å². The van der Waals surface area contributed by atoms with Gasteiger partial charge in [-0.25, -0.2) is 0 Å². The smallest absolute Gasteiger partial charge is 0.406 e. The molecule has 148 valence electrons. The molecule has 0 unspecified atom stereocenters. The minimum atomic E-state index is -4.87. The number of aliphatic hydroxyl groups is 1. The van der Waals surface area contributed by atoms with Crippen molar-refractivity contribution in [3.8, 4) is 5.75 Å². The monoisotopic (exact) mass is 393 g/mol. The zero-order valence-corrected chi connectivity index (χ0v) is 14.2. The van der Waals surface area contributed by atoms with Crippen molar-refractivity contribution in [1.82, 2.24) is 0 Å². The van der Waals surface area contributed by atoms with Crippen LogP contribution in [0.1, 0.15) is 11.1 Å². The summed E-state index contributed by atoms with van der Waals surface area (Å²) in [6.45, 7) is 0.836. The van der Waals surface area contributed by atoms with E-state index in [-0.39, 0.29) is 6.54 Å². The van der Waals surface area contributed by atoms with Gasteiger partial charge < -0.3 is 14.7 Å². The van der Waals surface area contributed by atoms with Crippen molar-refractivity contribution < 1.29 is 36.2 Å². The molecular weight excluding hydrogens is 376 g/mol. The Morgan fingerprint density at radius 2 is 1.67 bits per heavy atom. The molecule has 0 fully saturated rings. The Bertz CT molecular complexity index is 760. The van der Waals surface area contributed by atoms with E-state index in [0.29, 0.717) is 11.3 Å². The molecule has 0 aliphatic carbocycles. The second-order valence-corrected chi connectivity index (χ2v) is 5.97. The fourth-order valence-electron chi connectivity index (χ4n) is 2.46. The van der Waals surface area contributed by atoms with Crippen LogP contribution >= 0.6 is 0 Å². The molecule has 9 heteroatoms. The number of aryl methyl sites for hydroxylation is 1. The summed E-state index contributed by atoms with van der Waals surface area (Å²) in [4.78, 5) is 1.25. The molecule has 2 aromatic rings. The van der Waals surface area contributed by atoms with E-state index in [4.69, 9.17) is 0 Å². The maximum atomic E-state index is 12.8. The van der Waals surface area contributed by atoms with Gasteiger partial charge in [0.2, 0.25) is 0 Å². The highest BCUT2D eigenvalue weighted by atomic mass is 19.4. The number of halogens is 6. The fraction of sp³-hybridized carbons (Fsp3) is 0.333. The Morgan fingerprint density at radius 1 is 1.00 bits per heavy atom. The number of benzene rings is 2. The molecule has 0 amide bonds. The van der Waals surface area contributed by atoms with Crippen LogP contribution in [0.15, 0.2) is 48.5 Å². The Hall–Kier alpha value is -2.42. The van der Waals surface area contributed by atoms with Gasteiger partial charge in [0.25, 0.3) is 0 Å². The lowest BCUT2D eigenvalue weighted by Crippen LogP contribution is -2.40. The lowest BCUT2D eigenvalue weighted by Gasteiger charge is -2.28. The summed E-state index contributed by atoms with van der Waals surface area (Å²) in [6.07, 6.45) is -12.3. The number of rotatable bonds is 6. The van der Waals surface area contributed by atoms with Gasteiger partial charge in [0.05, 0.1) is 6.54 Å². The van der Waals surface area contributed by atoms with E-state index >= 15 is 0 Å². The lowest BCUT2D eigenvalue weighted by molar-refractivity contribution is -0.274. The highest BCUT2D eigenvalue weighted by Crippen LogP contribution is 2.27. The standard InChI is InChI=1S/C18H17F6NO2/c1-12-4-2-6-14(8-12)25(11-16(26)17(19,20)21)10-13-5-3-7-15(9-13)27-18(22,23)24/h2-9,16,26H,10-11H2,1H3/t16-/m1/s1. The molecule has 0 spiro atoms. The second kappa shape index (κ2) is 8.08. The molecule has 0 saturated heterocycles. The van der Waals surface area contributed by atoms with Crippen LogP contribution in [0.4, 0.5) is 32.0 Å². The first kappa shape index (κ1) is 20.9. The maximum Gasteiger partial charge on any atom is 0.573 e. The van der Waals surface area contributed by atoms with Crippen molar-refractivity contribution in [3.05, 3.63) is 59.7 Å². The topological polar surface area (TPSA) is 32.7 Å². The molecule has 27 heavy (non-hydrogen) atoms. The average Bonchev–Trinajstić information content (AvgIpc) is 2.52. The number of alkyl halides is 6. The van der Waals surface area contributed by atoms with Crippen LogP contribution in [-0.4, -0.2) is 30.3 Å². The quantitative estimate of drug-likeness (QED) is 0.714. The molecule has 1 N–H and O–H groups in total. The van der Waals surface area contributed by atoms with Gasteiger partial charge >= 0.3 is 12.5 Å². The molecule has 1 atom stereocenters. The Labute approximate surface area is 151 Å². The van der Waals surface area contributed by atoms with Gasteiger partial charge in [0, 0.05) is 12.2 Å². The second-order valence-electron chi connectivity index (χ2n) is 5.97. The van der Waals surface area contributed by atoms with Crippen molar-refractivity contribution in [2.24, 2.45) is 0 Å². The Morgan fingerprint density at radius 3 is 2.26 bits per heavy atom. The molecule has 0 bridgehead atoms. The summed E-state index contributed by atoms with van der Waals surface area (Å²) in [5, 5.41) is 9.43. The summed E-state index contributed by atoms with van der Waals surface area (Å²) >= 11 is 0. The van der Waals surface area contributed by atoms with Crippen LogP contribution < -0.4 is 9.64 Å². The summed E-state index contributed by atoms with van der Waals surface area (Å²) < 4.78 is 79.2. The number of hydrogen-bond acceptors (Lipinski definition) is 3. The number of aliphatic hydroxyl groups excluding tert-OH is 1. The van der Waals surface area contributed by atoms with E-state index in [2.05, 4.69) is 4.74 Å². The number of anilines is 1. The van der Waals surface area contributed by atoms with Gasteiger partial charge in [-0.05, 0) is 42.3 Å². The molecule has 2 aromatic carbocycles. The van der Waals surface area contributed by atoms with Gasteiger partial charge in [-0.1, -0.05) is 24.3 Å². The molecule has 0 radical (unpaired) electrons. The first-order chi connectivity index (χ1) is 12.4. The van der Waals surface area contributed by atoms with Crippen LogP contribution in [-0.2, 0) is 6.54 Å². The van der Waals surface area contributed by atoms with E-state index in [0.717, 1.165) is 17.7 Å². The predicted octanol–water partition coefficient (Wildman–Crippen LogP) is 4.82. The Balaban J connectivity index is 2.28. The van der Waals surface area contributed by atoms with Crippen LogP contribution in [0.2, 0.25) is 0 Å². The van der Waals surface area contributed by atoms with Gasteiger partial charge in [-0.2, -0.15) is 13.2 Å². The van der Waals surface area contributed by atoms with Gasteiger partial charge in [0.15, 0.2) is 6.10 Å². The molecule has 0 saturated carbocycles. The molecule has 0 aliphatic heterocycles. The fourth-order valence-corrected chi connectivity index (χ4v) is 2.46. The lowest BCUT2D eigenvalue weighted by atomic mass is 10.1. The SMILES string of the molecule is Cc1cccc(N(Cc2cccc(OC(F)(F)F)c2)C[C@@H](O)C(F)(F)F)c1. The van der Waals surface area contributed by atoms with Crippen LogP contribution in [0.5, 0.6) is 5.75 Å². The van der Waals surface area contributed by atoms with E-state index < -0.39 is 30.9 Å². The minimum absolute atomic E-state index is 0.147. The number of ether oxygens (including phenoxy) is 1. The highest BCUT2D eigenvalue weighted by Gasteiger charge is 2.39. The van der Waals surface area contributed by atoms with Gasteiger partial charge in [-0.3, -0.25) is 0 Å². The number of hydrogen-bond donors (Lipinski definition) is 1. The van der Waals surface area contributed by atoms with Crippen molar-refractivity contribution in [1.29, 1.82) is 0 Å². The third kappa shape index (κ3) is 6.67. The van der Waals surface area contributed by atoms with Gasteiger partial charge in [-0.15, -0.1) is 13.2 Å². The molecule has 0 aromatic heterocycles. The van der Waals surface area contributed by atoms with Crippen molar-refractivity contribution in [2.75, 3.05) is 11.4 Å². The molecule has 0 heterocycles. The summed E-state index contributed by atoms with van der Waals surface area (Å²) in [5.41, 5.74) is 1.49. The zero-order chi connectivity index (χ0) is 20.2. The Kier molecular flexibility index (Phi) is 6.25. The predicted molar refractivity (Wildman–Crippen MR) is 87.4 cm³/mol. The third-order valence-corrected chi connectivity index (χ3v) is 3.64. The normalized spacial score (nSPS) is 13.3. The zero-order valence-electron chi connectivity index (χ0n) is 14.2. The molecule has 3 nitrogen and oxygen atoms in total. The average molecular weight is 393 g/mol. The summed E-state index contributed by atoms with van der Waals surface area (Å²) in [6, 6.07) is 11.5. The molecule has 0 aliphatic rings. The van der Waals surface area contributed by atoms with Crippen LogP contribution in [0.3, 0.4) is 0 Å². The van der Waals surface area contributed by atoms with Crippen LogP contribution in [0.25, 0.3) is 0 Å². The highest BCUT2D eigenvalue weighted by molar-refractivity contribution is 5.49. The first-order valence-corrected chi connectivity index (χ1v) is 7.85. The van der Waals surface area contributed by atoms with Crippen molar-refractivity contribution in [2.45, 2.75) is 32.1 Å². The van der Waals surface area contributed by atoms with Crippen LogP contribution in [0, 0.1) is 6.92 Å². The molecular formula is C18H17F6NO2. The van der Waals surface area contributed by atoms with Crippen molar-refractivity contribution in [3.63, 3.8) is 0 Å². The van der Waals surface area contributed by atoms with Crippen molar-refractivity contribution >= 4 is 5.69 Å². The largest absolute Gasteiger partial charge is 0.573 e. The van der Waals surface area contributed by atoms with Gasteiger partial charge in [0.1, 0.15) is 5.75 Å². The minimum Gasteiger partial charge on any atom is -0.406 e. The van der Waals surface area contributed by atoms with E-state index in [1.54, 1.807) is 31.2 Å². The summed E-state index contributed by atoms with van der Waals surface area (Å²) in [7, 11) is 0. The molecule has 2 rings (SSSR count). The van der Waals surface area contributed by atoms with E-state index in [1.807, 2.05) is 0 Å². The maximum absolute atomic E-state index is 12.8. The van der Waals surface area contributed by atoms with E-state index in [9.17, 15) is 31.4 Å². The summed E-state index contributed by atoms with van der Waals surface area (Å²) in [5.74, 6) is -0.472. The third-order valence-electron chi connectivity index (χ3n) is 3.64.